The van der Waals surface area contributed by atoms with Crippen LogP contribution in [0.1, 0.15) is 25.7 Å². The van der Waals surface area contributed by atoms with Gasteiger partial charge in [-0.05, 0) is 103 Å². The van der Waals surface area contributed by atoms with E-state index < -0.39 is 0 Å². The maximum Gasteiger partial charge on any atom is 0.0948 e. The van der Waals surface area contributed by atoms with Gasteiger partial charge in [0.05, 0.1) is 27.8 Å². The number of fused-ring (bicyclic) bond motifs is 6. The highest BCUT2D eigenvalue weighted by molar-refractivity contribution is 6.15. The number of hydrogen-bond donors (Lipinski definition) is 0. The van der Waals surface area contributed by atoms with Crippen LogP contribution < -0.4 is 0 Å². The maximum atomic E-state index is 5.00. The van der Waals surface area contributed by atoms with Crippen molar-refractivity contribution in [3.8, 4) is 28.1 Å². The summed E-state index contributed by atoms with van der Waals surface area (Å²) in [6, 6.07) is 46.2. The lowest BCUT2D eigenvalue weighted by molar-refractivity contribution is 0.884. The van der Waals surface area contributed by atoms with Crippen LogP contribution in [-0.4, -0.2) is 14.1 Å². The van der Waals surface area contributed by atoms with E-state index in [4.69, 9.17) is 4.98 Å². The summed E-state index contributed by atoms with van der Waals surface area (Å²) in [6.07, 6.45) is 17.7. The number of pyridine rings is 1. The van der Waals surface area contributed by atoms with Crippen molar-refractivity contribution in [2.24, 2.45) is 0 Å². The molecule has 0 bridgehead atoms. The molecule has 2 aliphatic carbocycles. The highest BCUT2D eigenvalue weighted by Gasteiger charge is 2.21. The van der Waals surface area contributed by atoms with E-state index in [0.29, 0.717) is 0 Å². The number of para-hydroxylation sites is 2. The molecule has 0 aliphatic heterocycles. The number of aromatic nitrogens is 3. The third kappa shape index (κ3) is 4.62. The normalized spacial score (nSPS) is 14.8. The predicted molar refractivity (Wildman–Crippen MR) is 210 cm³/mol. The Bertz CT molecular complexity index is 2730. The van der Waals surface area contributed by atoms with Gasteiger partial charge in [0.25, 0.3) is 0 Å². The Morgan fingerprint density at radius 2 is 1.16 bits per heavy atom. The summed E-state index contributed by atoms with van der Waals surface area (Å²) in [6.45, 7) is 0. The molecular formula is C47H35N3. The predicted octanol–water partition coefficient (Wildman–Crippen LogP) is 12.5. The number of hydrogen-bond acceptors (Lipinski definition) is 1. The molecule has 3 aromatic heterocycles. The Kier molecular flexibility index (Phi) is 6.76. The Labute approximate surface area is 291 Å². The SMILES string of the molecule is C1=CCCC(C2=CC=C(n3c4ccc(-c5ccc6c(c5)c5ccccc5n6-c5ccccc5)cc4c4ccnc(-c5ccccc5)c43)CC2)=C1. The fraction of sp³-hybridized carbons (Fsp3) is 0.0851. The minimum Gasteiger partial charge on any atom is -0.311 e. The third-order valence-corrected chi connectivity index (χ3v) is 10.6. The van der Waals surface area contributed by atoms with E-state index in [1.54, 1.807) is 0 Å². The Balaban J connectivity index is 1.17. The van der Waals surface area contributed by atoms with Gasteiger partial charge < -0.3 is 9.13 Å². The second-order valence-electron chi connectivity index (χ2n) is 13.4. The molecule has 3 heterocycles. The van der Waals surface area contributed by atoms with Crippen molar-refractivity contribution in [1.29, 1.82) is 0 Å². The second kappa shape index (κ2) is 11.7. The monoisotopic (exact) mass is 641 g/mol. The Morgan fingerprint density at radius 1 is 0.480 bits per heavy atom. The Hall–Kier alpha value is -6.19. The first-order valence-corrected chi connectivity index (χ1v) is 17.7. The number of rotatable bonds is 5. The second-order valence-corrected chi connectivity index (χ2v) is 13.4. The third-order valence-electron chi connectivity index (χ3n) is 10.6. The number of allylic oxidation sites excluding steroid dienone is 8. The minimum absolute atomic E-state index is 0.985. The molecule has 10 rings (SSSR count). The topological polar surface area (TPSA) is 22.8 Å². The van der Waals surface area contributed by atoms with Crippen molar-refractivity contribution in [2.45, 2.75) is 25.7 Å². The van der Waals surface area contributed by atoms with Crippen LogP contribution in [0.2, 0.25) is 0 Å². The van der Waals surface area contributed by atoms with E-state index in [1.165, 1.54) is 77.3 Å². The number of benzene rings is 5. The van der Waals surface area contributed by atoms with Gasteiger partial charge in [-0.2, -0.15) is 0 Å². The largest absolute Gasteiger partial charge is 0.311 e. The van der Waals surface area contributed by atoms with Crippen LogP contribution in [0.15, 0.2) is 175 Å². The van der Waals surface area contributed by atoms with Crippen LogP contribution in [0.3, 0.4) is 0 Å². The first kappa shape index (κ1) is 28.8. The van der Waals surface area contributed by atoms with Crippen LogP contribution in [0.25, 0.3) is 77.4 Å². The van der Waals surface area contributed by atoms with Crippen LogP contribution in [0, 0.1) is 0 Å². The van der Waals surface area contributed by atoms with Crippen molar-refractivity contribution in [3.05, 3.63) is 175 Å². The molecule has 3 heteroatoms. The van der Waals surface area contributed by atoms with E-state index in [1.807, 2.05) is 6.20 Å². The van der Waals surface area contributed by atoms with Crippen molar-refractivity contribution in [2.75, 3.05) is 0 Å². The summed E-state index contributed by atoms with van der Waals surface area (Å²) < 4.78 is 4.87. The summed E-state index contributed by atoms with van der Waals surface area (Å²) in [4.78, 5) is 5.00. The van der Waals surface area contributed by atoms with Crippen LogP contribution in [0.5, 0.6) is 0 Å². The molecule has 5 aromatic carbocycles. The maximum absolute atomic E-state index is 5.00. The lowest BCUT2D eigenvalue weighted by Crippen LogP contribution is -2.04. The molecule has 238 valence electrons. The molecule has 0 spiro atoms. The molecule has 0 N–H and O–H groups in total. The zero-order valence-corrected chi connectivity index (χ0v) is 27.8. The van der Waals surface area contributed by atoms with Gasteiger partial charge in [0.1, 0.15) is 0 Å². The molecular weight excluding hydrogens is 607 g/mol. The fourth-order valence-electron chi connectivity index (χ4n) is 8.21. The molecule has 0 saturated heterocycles. The first-order chi connectivity index (χ1) is 24.8. The average Bonchev–Trinajstić information content (AvgIpc) is 3.71. The van der Waals surface area contributed by atoms with Gasteiger partial charge in [-0.3, -0.25) is 4.98 Å². The summed E-state index contributed by atoms with van der Waals surface area (Å²) in [5.41, 5.74) is 14.8. The molecule has 3 nitrogen and oxygen atoms in total. The van der Waals surface area contributed by atoms with Crippen LogP contribution in [0.4, 0.5) is 0 Å². The molecule has 2 aliphatic rings. The standard InChI is InChI=1S/C47H35N3/c1-4-12-32(13-5-1)33-20-24-38(25-21-33)50-45-27-23-36(31-42(45)40-28-29-48-46(47(40)50)34-14-6-2-7-15-34)35-22-26-44-41(30-35)39-18-10-11-19-43(39)49(44)37-16-8-3-9-17-37/h1-4,6-12,14-20,22-24,26-31H,5,13,21,25H2. The Morgan fingerprint density at radius 3 is 1.90 bits per heavy atom. The molecule has 50 heavy (non-hydrogen) atoms. The quantitative estimate of drug-likeness (QED) is 0.183. The van der Waals surface area contributed by atoms with Crippen molar-refractivity contribution < 1.29 is 0 Å². The molecule has 0 atom stereocenters. The lowest BCUT2D eigenvalue weighted by Gasteiger charge is -2.21. The van der Waals surface area contributed by atoms with Crippen LogP contribution in [-0.2, 0) is 0 Å². The smallest absolute Gasteiger partial charge is 0.0948 e. The van der Waals surface area contributed by atoms with Crippen molar-refractivity contribution in [3.63, 3.8) is 0 Å². The van der Waals surface area contributed by atoms with Crippen molar-refractivity contribution >= 4 is 49.3 Å². The minimum atomic E-state index is 0.985. The van der Waals surface area contributed by atoms with E-state index in [2.05, 4.69) is 167 Å². The zero-order valence-electron chi connectivity index (χ0n) is 27.8. The van der Waals surface area contributed by atoms with Gasteiger partial charge in [0.15, 0.2) is 0 Å². The van der Waals surface area contributed by atoms with E-state index in [0.717, 1.165) is 36.9 Å². The molecule has 0 saturated carbocycles. The highest BCUT2D eigenvalue weighted by Crippen LogP contribution is 2.42. The molecule has 0 fully saturated rings. The average molecular weight is 642 g/mol. The molecule has 8 aromatic rings. The highest BCUT2D eigenvalue weighted by atomic mass is 15.0. The zero-order chi connectivity index (χ0) is 33.0. The van der Waals surface area contributed by atoms with Gasteiger partial charge in [0.2, 0.25) is 0 Å². The summed E-state index contributed by atoms with van der Waals surface area (Å²) in [5, 5.41) is 5.01. The van der Waals surface area contributed by atoms with E-state index >= 15 is 0 Å². The first-order valence-electron chi connectivity index (χ1n) is 17.7. The summed E-state index contributed by atoms with van der Waals surface area (Å²) in [7, 11) is 0. The van der Waals surface area contributed by atoms with Gasteiger partial charge in [-0.25, -0.2) is 0 Å². The van der Waals surface area contributed by atoms with E-state index in [-0.39, 0.29) is 0 Å². The summed E-state index contributed by atoms with van der Waals surface area (Å²) in [5.74, 6) is 0. The molecule has 0 amide bonds. The van der Waals surface area contributed by atoms with Gasteiger partial charge in [-0.15, -0.1) is 0 Å². The van der Waals surface area contributed by atoms with Gasteiger partial charge >= 0.3 is 0 Å². The van der Waals surface area contributed by atoms with Crippen molar-refractivity contribution in [1.82, 2.24) is 14.1 Å². The molecule has 0 unspecified atom stereocenters. The van der Waals surface area contributed by atoms with Gasteiger partial charge in [-0.1, -0.05) is 103 Å². The lowest BCUT2D eigenvalue weighted by atomic mass is 9.90. The number of nitrogens with zero attached hydrogens (tertiary/aromatic N) is 3. The van der Waals surface area contributed by atoms with E-state index in [9.17, 15) is 0 Å². The van der Waals surface area contributed by atoms with Crippen LogP contribution >= 0.6 is 0 Å². The van der Waals surface area contributed by atoms with Gasteiger partial charge in [0, 0.05) is 44.7 Å². The molecule has 0 radical (unpaired) electrons. The summed E-state index contributed by atoms with van der Waals surface area (Å²) >= 11 is 0. The fourth-order valence-corrected chi connectivity index (χ4v) is 8.21.